The number of aromatic nitrogens is 2. The first-order valence-corrected chi connectivity index (χ1v) is 19.0. The molecular weight excluding hydrogens is 640 g/mol. The number of benzene rings is 2. The summed E-state index contributed by atoms with van der Waals surface area (Å²) in [5.41, 5.74) is 8.35. The number of para-hydroxylation sites is 1. The van der Waals surface area contributed by atoms with E-state index in [2.05, 4.69) is 76.5 Å². The highest BCUT2D eigenvalue weighted by Crippen LogP contribution is 2.57. The molecule has 268 valence electrons. The van der Waals surface area contributed by atoms with Crippen molar-refractivity contribution in [2.75, 3.05) is 41.0 Å². The highest BCUT2D eigenvalue weighted by Gasteiger charge is 2.63. The molecule has 4 aliphatic heterocycles. The van der Waals surface area contributed by atoms with Gasteiger partial charge in [0.2, 0.25) is 0 Å². The number of rotatable bonds is 5. The SMILES string of the molecule is C/C=C1/CN[C@H]2Cc3c([nH]c4ccccc34)[C@@H](c3c(OC)ccc4c5c([nH]c34)[C@]3(C(=O)OC)C[C@H]4C[C@H](CC)[C@@H]3N(CC5)C4)C[C@@H]1[C@@H]2C(=O)OC. The van der Waals surface area contributed by atoms with E-state index in [9.17, 15) is 9.59 Å². The Kier molecular flexibility index (Phi) is 7.89. The Morgan fingerprint density at radius 2 is 1.86 bits per heavy atom. The molecule has 2 aliphatic carbocycles. The van der Waals surface area contributed by atoms with Crippen LogP contribution in [-0.2, 0) is 37.3 Å². The third kappa shape index (κ3) is 4.59. The Bertz CT molecular complexity index is 2080. The van der Waals surface area contributed by atoms with Crippen LogP contribution in [0.2, 0.25) is 0 Å². The average molecular weight is 691 g/mol. The maximum absolute atomic E-state index is 14.4. The van der Waals surface area contributed by atoms with Crippen molar-refractivity contribution in [3.63, 3.8) is 0 Å². The Morgan fingerprint density at radius 1 is 1.02 bits per heavy atom. The molecule has 10 rings (SSSR count). The zero-order valence-corrected chi connectivity index (χ0v) is 30.4. The van der Waals surface area contributed by atoms with Crippen LogP contribution in [0, 0.1) is 23.7 Å². The van der Waals surface area contributed by atoms with E-state index >= 15 is 0 Å². The van der Waals surface area contributed by atoms with Crippen LogP contribution < -0.4 is 10.1 Å². The largest absolute Gasteiger partial charge is 0.496 e. The summed E-state index contributed by atoms with van der Waals surface area (Å²) in [6, 6.07) is 12.9. The van der Waals surface area contributed by atoms with Crippen LogP contribution in [0.5, 0.6) is 5.75 Å². The third-order valence-corrected chi connectivity index (χ3v) is 13.8. The van der Waals surface area contributed by atoms with Gasteiger partial charge >= 0.3 is 11.9 Å². The number of aromatic amines is 2. The molecule has 9 nitrogen and oxygen atoms in total. The molecule has 2 aromatic carbocycles. The maximum Gasteiger partial charge on any atom is 0.319 e. The predicted octanol–water partition coefficient (Wildman–Crippen LogP) is 6.15. The van der Waals surface area contributed by atoms with E-state index in [1.54, 1.807) is 14.2 Å². The Labute approximate surface area is 299 Å². The molecule has 3 saturated heterocycles. The van der Waals surface area contributed by atoms with Gasteiger partial charge in [-0.2, -0.15) is 0 Å². The second kappa shape index (κ2) is 12.3. The number of piperidine rings is 3. The molecule has 1 saturated carbocycles. The van der Waals surface area contributed by atoms with Crippen molar-refractivity contribution in [1.29, 1.82) is 0 Å². The van der Waals surface area contributed by atoms with Gasteiger partial charge in [0.05, 0.1) is 32.8 Å². The summed E-state index contributed by atoms with van der Waals surface area (Å²) in [5.74, 6) is 0.919. The molecule has 4 aromatic rings. The van der Waals surface area contributed by atoms with Crippen LogP contribution in [0.4, 0.5) is 0 Å². The van der Waals surface area contributed by atoms with Crippen LogP contribution in [-0.4, -0.2) is 79.9 Å². The van der Waals surface area contributed by atoms with E-state index in [1.807, 2.05) is 0 Å². The minimum Gasteiger partial charge on any atom is -0.496 e. The van der Waals surface area contributed by atoms with Gasteiger partial charge in [0.1, 0.15) is 11.2 Å². The first kappa shape index (κ1) is 32.8. The number of ether oxygens (including phenoxy) is 3. The summed E-state index contributed by atoms with van der Waals surface area (Å²) in [6.45, 7) is 7.07. The van der Waals surface area contributed by atoms with Crippen LogP contribution in [0.1, 0.15) is 73.5 Å². The van der Waals surface area contributed by atoms with Gasteiger partial charge < -0.3 is 29.5 Å². The molecule has 51 heavy (non-hydrogen) atoms. The summed E-state index contributed by atoms with van der Waals surface area (Å²) in [6.07, 6.45) is 7.47. The van der Waals surface area contributed by atoms with Crippen molar-refractivity contribution in [1.82, 2.24) is 20.2 Å². The van der Waals surface area contributed by atoms with Gasteiger partial charge in [-0.25, -0.2) is 0 Å². The Hall–Kier alpha value is -4.08. The topological polar surface area (TPSA) is 109 Å². The lowest BCUT2D eigenvalue weighted by Crippen LogP contribution is -2.67. The lowest BCUT2D eigenvalue weighted by Gasteiger charge is -2.57. The number of carbonyl (C=O) groups excluding carboxylic acids is 2. The third-order valence-electron chi connectivity index (χ3n) is 13.8. The number of hydrogen-bond acceptors (Lipinski definition) is 7. The summed E-state index contributed by atoms with van der Waals surface area (Å²) >= 11 is 0. The van der Waals surface area contributed by atoms with Crippen molar-refractivity contribution < 1.29 is 23.8 Å². The standard InChI is InChI=1S/C42H50N4O5/c1-6-23-16-22-19-42(41(48)51-5)38-27(14-15-46(21-22)39(23)42)26-12-13-33(49-3)35(37(26)45-38)30-17-28-24(7-2)20-43-32(34(28)40(47)50-4)18-29-25-10-8-9-11-31(25)44-36(29)30/h7-13,22-23,28,30,32,34,39,43-45H,6,14-21H2,1-5H3/b24-7-/t22-,23+,28+,30-,32+,34+,39+,42-/m1/s1. The fourth-order valence-corrected chi connectivity index (χ4v) is 11.8. The number of nitrogens with zero attached hydrogens (tertiary/aromatic N) is 1. The molecule has 0 amide bonds. The molecule has 6 bridgehead atoms. The van der Waals surface area contributed by atoms with Crippen molar-refractivity contribution in [2.24, 2.45) is 23.7 Å². The number of hydrogen-bond donors (Lipinski definition) is 3. The number of fused-ring (bicyclic) bond motifs is 9. The first-order chi connectivity index (χ1) is 24.9. The number of methoxy groups -OCH3 is 3. The molecule has 4 fully saturated rings. The summed E-state index contributed by atoms with van der Waals surface area (Å²) in [4.78, 5) is 38.6. The van der Waals surface area contributed by atoms with E-state index in [0.29, 0.717) is 24.7 Å². The second-order valence-electron chi connectivity index (χ2n) is 15.8. The van der Waals surface area contributed by atoms with Gasteiger partial charge in [0.25, 0.3) is 0 Å². The van der Waals surface area contributed by atoms with E-state index in [4.69, 9.17) is 14.2 Å². The minimum absolute atomic E-state index is 0.0274. The van der Waals surface area contributed by atoms with E-state index < -0.39 is 5.41 Å². The van der Waals surface area contributed by atoms with Crippen LogP contribution in [0.25, 0.3) is 21.8 Å². The number of nitrogens with one attached hydrogen (secondary N) is 3. The van der Waals surface area contributed by atoms with Crippen LogP contribution in [0.15, 0.2) is 48.0 Å². The van der Waals surface area contributed by atoms with Crippen molar-refractivity contribution >= 4 is 33.7 Å². The maximum atomic E-state index is 14.4. The molecule has 2 aromatic heterocycles. The zero-order chi connectivity index (χ0) is 35.2. The van der Waals surface area contributed by atoms with Crippen molar-refractivity contribution in [3.8, 4) is 5.75 Å². The molecule has 1 unspecified atom stereocenters. The number of esters is 2. The van der Waals surface area contributed by atoms with E-state index in [1.165, 1.54) is 41.3 Å². The lowest BCUT2D eigenvalue weighted by atomic mass is 9.56. The van der Waals surface area contributed by atoms with Gasteiger partial charge in [-0.3, -0.25) is 14.5 Å². The molecule has 6 heterocycles. The fraction of sp³-hybridized carbons (Fsp3) is 0.524. The van der Waals surface area contributed by atoms with Gasteiger partial charge in [-0.05, 0) is 86.1 Å². The summed E-state index contributed by atoms with van der Waals surface area (Å²) < 4.78 is 17.6. The van der Waals surface area contributed by atoms with Crippen LogP contribution >= 0.6 is 0 Å². The molecule has 9 heteroatoms. The van der Waals surface area contributed by atoms with E-state index in [-0.39, 0.29) is 41.8 Å². The molecule has 3 N–H and O–H groups in total. The number of allylic oxidation sites excluding steroid dienone is 1. The van der Waals surface area contributed by atoms with Gasteiger partial charge in [0.15, 0.2) is 0 Å². The normalized spacial score (nSPS) is 33.2. The minimum atomic E-state index is -0.754. The number of H-pyrrole nitrogens is 2. The Morgan fingerprint density at radius 3 is 2.63 bits per heavy atom. The molecule has 9 atom stereocenters. The smallest absolute Gasteiger partial charge is 0.319 e. The first-order valence-electron chi connectivity index (χ1n) is 19.0. The zero-order valence-electron chi connectivity index (χ0n) is 30.4. The Balaban J connectivity index is 1.32. The van der Waals surface area contributed by atoms with Crippen molar-refractivity contribution in [3.05, 3.63) is 76.1 Å². The van der Waals surface area contributed by atoms with Crippen LogP contribution in [0.3, 0.4) is 0 Å². The fourth-order valence-electron chi connectivity index (χ4n) is 11.8. The molecule has 0 radical (unpaired) electrons. The number of carbonyl (C=O) groups is 2. The van der Waals surface area contributed by atoms with Crippen molar-refractivity contribution in [2.45, 2.75) is 75.8 Å². The van der Waals surface area contributed by atoms with Gasteiger partial charge in [-0.15, -0.1) is 0 Å². The quantitative estimate of drug-likeness (QED) is 0.170. The monoisotopic (exact) mass is 690 g/mol. The van der Waals surface area contributed by atoms with E-state index in [0.717, 1.165) is 72.3 Å². The molecule has 0 spiro atoms. The molecular formula is C42H50N4O5. The highest BCUT2D eigenvalue weighted by molar-refractivity contribution is 5.95. The van der Waals surface area contributed by atoms with Gasteiger partial charge in [0, 0.05) is 70.9 Å². The summed E-state index contributed by atoms with van der Waals surface area (Å²) in [7, 11) is 4.82. The predicted molar refractivity (Wildman–Crippen MR) is 197 cm³/mol. The second-order valence-corrected chi connectivity index (χ2v) is 15.8. The lowest BCUT2D eigenvalue weighted by molar-refractivity contribution is -0.162. The highest BCUT2D eigenvalue weighted by atomic mass is 16.5. The average Bonchev–Trinajstić information content (AvgIpc) is 3.70. The molecule has 6 aliphatic rings. The summed E-state index contributed by atoms with van der Waals surface area (Å²) in [5, 5.41) is 6.06. The van der Waals surface area contributed by atoms with Gasteiger partial charge in [-0.1, -0.05) is 43.2 Å².